The highest BCUT2D eigenvalue weighted by atomic mass is 32.1. The fourth-order valence-electron chi connectivity index (χ4n) is 1.87. The maximum atomic E-state index is 11.9. The van der Waals surface area contributed by atoms with Gasteiger partial charge in [-0.3, -0.25) is 4.79 Å². The molecule has 4 N–H and O–H groups in total. The number of benzene rings is 1. The van der Waals surface area contributed by atoms with Crippen LogP contribution in [0.2, 0.25) is 0 Å². The van der Waals surface area contributed by atoms with Gasteiger partial charge in [0.2, 0.25) is 5.91 Å². The minimum Gasteiger partial charge on any atom is -0.394 e. The van der Waals surface area contributed by atoms with Crippen LogP contribution in [-0.4, -0.2) is 51.6 Å². The van der Waals surface area contributed by atoms with Crippen LogP contribution in [0.15, 0.2) is 24.3 Å². The number of carbonyl (C=O) groups is 1. The molecule has 0 aliphatic rings. The SMILES string of the molecule is O=C(CCc1nc2ccccc2s1)NC(CO)(CO)CO. The van der Waals surface area contributed by atoms with Crippen LogP contribution in [0.25, 0.3) is 10.2 Å². The van der Waals surface area contributed by atoms with Gasteiger partial charge < -0.3 is 20.6 Å². The van der Waals surface area contributed by atoms with Crippen LogP contribution in [0.5, 0.6) is 0 Å². The van der Waals surface area contributed by atoms with E-state index in [0.717, 1.165) is 15.2 Å². The Morgan fingerprint density at radius 2 is 1.86 bits per heavy atom. The molecule has 0 saturated carbocycles. The Balaban J connectivity index is 1.94. The lowest BCUT2D eigenvalue weighted by atomic mass is 10.0. The molecule has 6 nitrogen and oxygen atoms in total. The number of nitrogens with one attached hydrogen (secondary N) is 1. The number of rotatable bonds is 7. The number of para-hydroxylation sites is 1. The van der Waals surface area contributed by atoms with Gasteiger partial charge in [-0.25, -0.2) is 4.98 Å². The third kappa shape index (κ3) is 3.76. The van der Waals surface area contributed by atoms with Gasteiger partial charge in [-0.2, -0.15) is 0 Å². The summed E-state index contributed by atoms with van der Waals surface area (Å²) in [5.41, 5.74) is -0.460. The van der Waals surface area contributed by atoms with Crippen LogP contribution < -0.4 is 5.32 Å². The molecule has 1 aromatic carbocycles. The Morgan fingerprint density at radius 3 is 2.48 bits per heavy atom. The summed E-state index contributed by atoms with van der Waals surface area (Å²) in [6.45, 7) is -1.56. The molecular formula is C14H18N2O4S. The zero-order chi connectivity index (χ0) is 15.3. The number of hydrogen-bond acceptors (Lipinski definition) is 6. The summed E-state index contributed by atoms with van der Waals surface area (Å²) >= 11 is 1.54. The zero-order valence-corrected chi connectivity index (χ0v) is 12.3. The number of thiazole rings is 1. The zero-order valence-electron chi connectivity index (χ0n) is 11.5. The highest BCUT2D eigenvalue weighted by Gasteiger charge is 2.29. The first-order valence-corrected chi connectivity index (χ1v) is 7.42. The number of aliphatic hydroxyl groups excluding tert-OH is 3. The third-order valence-electron chi connectivity index (χ3n) is 3.22. The maximum Gasteiger partial charge on any atom is 0.221 e. The molecule has 1 aromatic heterocycles. The lowest BCUT2D eigenvalue weighted by Crippen LogP contribution is -2.57. The smallest absolute Gasteiger partial charge is 0.221 e. The average molecular weight is 310 g/mol. The number of fused-ring (bicyclic) bond motifs is 1. The number of amides is 1. The second-order valence-corrected chi connectivity index (χ2v) is 5.99. The van der Waals surface area contributed by atoms with Gasteiger partial charge in [-0.1, -0.05) is 12.1 Å². The average Bonchev–Trinajstić information content (AvgIpc) is 2.94. The van der Waals surface area contributed by atoms with Crippen LogP contribution in [-0.2, 0) is 11.2 Å². The number of carbonyl (C=O) groups excluding carboxylic acids is 1. The van der Waals surface area contributed by atoms with Gasteiger partial charge in [-0.15, -0.1) is 11.3 Å². The van der Waals surface area contributed by atoms with Gasteiger partial charge in [0.1, 0.15) is 5.54 Å². The molecular weight excluding hydrogens is 292 g/mol. The molecule has 0 saturated heterocycles. The van der Waals surface area contributed by atoms with Gasteiger partial charge in [-0.05, 0) is 12.1 Å². The molecule has 0 bridgehead atoms. The Morgan fingerprint density at radius 1 is 1.19 bits per heavy atom. The van der Waals surface area contributed by atoms with Gasteiger partial charge in [0.25, 0.3) is 0 Å². The summed E-state index contributed by atoms with van der Waals surface area (Å²) in [6.07, 6.45) is 0.658. The Kier molecular flexibility index (Phi) is 5.24. The fraction of sp³-hybridized carbons (Fsp3) is 0.429. The highest BCUT2D eigenvalue weighted by Crippen LogP contribution is 2.22. The normalized spacial score (nSPS) is 11.8. The van der Waals surface area contributed by atoms with Crippen molar-refractivity contribution in [1.82, 2.24) is 10.3 Å². The van der Waals surface area contributed by atoms with E-state index in [4.69, 9.17) is 15.3 Å². The van der Waals surface area contributed by atoms with Crippen LogP contribution >= 0.6 is 11.3 Å². The molecule has 0 radical (unpaired) electrons. The second kappa shape index (κ2) is 6.95. The number of hydrogen-bond donors (Lipinski definition) is 4. The van der Waals surface area contributed by atoms with E-state index >= 15 is 0 Å². The van der Waals surface area contributed by atoms with E-state index in [-0.39, 0.29) is 12.3 Å². The molecule has 114 valence electrons. The number of aryl methyl sites for hydroxylation is 1. The van der Waals surface area contributed by atoms with Crippen molar-refractivity contribution in [2.75, 3.05) is 19.8 Å². The molecule has 1 heterocycles. The van der Waals surface area contributed by atoms with E-state index in [1.165, 1.54) is 11.3 Å². The van der Waals surface area contributed by atoms with E-state index in [2.05, 4.69) is 10.3 Å². The molecule has 21 heavy (non-hydrogen) atoms. The van der Waals surface area contributed by atoms with Crippen molar-refractivity contribution in [3.8, 4) is 0 Å². The van der Waals surface area contributed by atoms with Gasteiger partial charge in [0, 0.05) is 12.8 Å². The molecule has 0 atom stereocenters. The van der Waals surface area contributed by atoms with Crippen molar-refractivity contribution in [3.63, 3.8) is 0 Å². The van der Waals surface area contributed by atoms with Crippen molar-refractivity contribution in [2.45, 2.75) is 18.4 Å². The first-order valence-electron chi connectivity index (χ1n) is 6.60. The summed E-state index contributed by atoms with van der Waals surface area (Å²) < 4.78 is 1.07. The van der Waals surface area contributed by atoms with Crippen LogP contribution in [0.1, 0.15) is 11.4 Å². The van der Waals surface area contributed by atoms with Crippen molar-refractivity contribution in [1.29, 1.82) is 0 Å². The van der Waals surface area contributed by atoms with Crippen LogP contribution in [0.4, 0.5) is 0 Å². The second-order valence-electron chi connectivity index (χ2n) is 4.88. The van der Waals surface area contributed by atoms with Crippen molar-refractivity contribution in [2.24, 2.45) is 0 Å². The summed E-state index contributed by atoms with van der Waals surface area (Å²) in [4.78, 5) is 16.3. The van der Waals surface area contributed by atoms with Crippen LogP contribution in [0.3, 0.4) is 0 Å². The third-order valence-corrected chi connectivity index (χ3v) is 4.31. The topological polar surface area (TPSA) is 103 Å². The number of aliphatic hydroxyl groups is 3. The Hall–Kier alpha value is -1.54. The lowest BCUT2D eigenvalue weighted by Gasteiger charge is -2.28. The van der Waals surface area contributed by atoms with E-state index in [9.17, 15) is 4.79 Å². The predicted molar refractivity (Wildman–Crippen MR) is 80.1 cm³/mol. The van der Waals surface area contributed by atoms with E-state index < -0.39 is 25.4 Å². The largest absolute Gasteiger partial charge is 0.394 e. The number of nitrogens with zero attached hydrogens (tertiary/aromatic N) is 1. The Bertz CT molecular complexity index is 569. The van der Waals surface area contributed by atoms with Crippen LogP contribution in [0, 0.1) is 0 Å². The van der Waals surface area contributed by atoms with E-state index in [1.807, 2.05) is 24.3 Å². The fourth-order valence-corrected chi connectivity index (χ4v) is 2.84. The highest BCUT2D eigenvalue weighted by molar-refractivity contribution is 7.18. The molecule has 7 heteroatoms. The molecule has 2 rings (SSSR count). The maximum absolute atomic E-state index is 11.9. The minimum atomic E-state index is -1.37. The van der Waals surface area contributed by atoms with E-state index in [0.29, 0.717) is 6.42 Å². The first kappa shape index (κ1) is 15.8. The lowest BCUT2D eigenvalue weighted by molar-refractivity contribution is -0.125. The summed E-state index contributed by atoms with van der Waals surface area (Å²) in [5.74, 6) is -0.341. The molecule has 1 amide bonds. The summed E-state index contributed by atoms with van der Waals surface area (Å²) in [7, 11) is 0. The minimum absolute atomic E-state index is 0.182. The molecule has 0 aliphatic heterocycles. The molecule has 0 fully saturated rings. The summed E-state index contributed by atoms with van der Waals surface area (Å²) in [5, 5.41) is 30.8. The van der Waals surface area contributed by atoms with Crippen molar-refractivity contribution < 1.29 is 20.1 Å². The van der Waals surface area contributed by atoms with Gasteiger partial charge in [0.15, 0.2) is 0 Å². The molecule has 0 spiro atoms. The number of aromatic nitrogens is 1. The summed E-state index contributed by atoms with van der Waals surface area (Å²) in [6, 6.07) is 7.75. The van der Waals surface area contributed by atoms with E-state index in [1.54, 1.807) is 0 Å². The Labute approximate surface area is 126 Å². The molecule has 2 aromatic rings. The van der Waals surface area contributed by atoms with Crippen molar-refractivity contribution in [3.05, 3.63) is 29.3 Å². The predicted octanol–water partition coefficient (Wildman–Crippen LogP) is 0.0608. The quantitative estimate of drug-likeness (QED) is 0.579. The van der Waals surface area contributed by atoms with Gasteiger partial charge >= 0.3 is 0 Å². The standard InChI is InChI=1S/C14H18N2O4S/c17-7-14(8-18,9-19)16-12(20)5-6-13-15-10-3-1-2-4-11(10)21-13/h1-4,17-19H,5-9H2,(H,16,20). The van der Waals surface area contributed by atoms with Gasteiger partial charge in [0.05, 0.1) is 35.0 Å². The molecule has 0 aliphatic carbocycles. The monoisotopic (exact) mass is 310 g/mol. The van der Waals surface area contributed by atoms with Crippen molar-refractivity contribution >= 4 is 27.5 Å². The molecule has 0 unspecified atom stereocenters. The first-order chi connectivity index (χ1) is 10.1.